The van der Waals surface area contributed by atoms with Gasteiger partial charge in [0.1, 0.15) is 11.6 Å². The maximum Gasteiger partial charge on any atom is 0.348 e. The third kappa shape index (κ3) is 4.31. The van der Waals surface area contributed by atoms with Crippen LogP contribution >= 0.6 is 0 Å². The summed E-state index contributed by atoms with van der Waals surface area (Å²) in [6.45, 7) is 1.81. The van der Waals surface area contributed by atoms with Gasteiger partial charge in [0.2, 0.25) is 0 Å². The Labute approximate surface area is 84.1 Å². The highest BCUT2D eigenvalue weighted by Gasteiger charge is 2.07. The predicted molar refractivity (Wildman–Crippen MR) is 53.2 cm³/mol. The van der Waals surface area contributed by atoms with Crippen molar-refractivity contribution in [1.29, 1.82) is 5.26 Å². The maximum absolute atomic E-state index is 11.0. The van der Waals surface area contributed by atoms with Crippen molar-refractivity contribution < 1.29 is 9.53 Å². The molecule has 0 N–H and O–H groups in total. The quantitative estimate of drug-likeness (QED) is 0.292. The number of rotatable bonds is 3. The zero-order valence-corrected chi connectivity index (χ0v) is 8.87. The lowest BCUT2D eigenvalue weighted by Gasteiger charge is -2.05. The SMILES string of the molecule is COC(=O)/C(C#N)=C/C(C)=C/N(C)C. The Hall–Kier alpha value is -1.76. The third-order valence-corrected chi connectivity index (χ3v) is 1.36. The molecule has 4 nitrogen and oxygen atoms in total. The van der Waals surface area contributed by atoms with E-state index in [1.54, 1.807) is 19.2 Å². The van der Waals surface area contributed by atoms with Gasteiger partial charge in [0.05, 0.1) is 7.11 Å². The molecule has 0 aliphatic rings. The number of carbonyl (C=O) groups excluding carboxylic acids is 1. The van der Waals surface area contributed by atoms with E-state index in [4.69, 9.17) is 5.26 Å². The van der Waals surface area contributed by atoms with Crippen molar-refractivity contribution in [3.63, 3.8) is 0 Å². The third-order valence-electron chi connectivity index (χ3n) is 1.36. The second kappa shape index (κ2) is 5.81. The van der Waals surface area contributed by atoms with Crippen molar-refractivity contribution in [2.24, 2.45) is 0 Å². The first-order valence-electron chi connectivity index (χ1n) is 4.06. The van der Waals surface area contributed by atoms with E-state index in [-0.39, 0.29) is 5.57 Å². The van der Waals surface area contributed by atoms with Crippen LogP contribution in [0.5, 0.6) is 0 Å². The molecule has 0 amide bonds. The highest BCUT2D eigenvalue weighted by atomic mass is 16.5. The van der Waals surface area contributed by atoms with E-state index in [0.29, 0.717) is 0 Å². The van der Waals surface area contributed by atoms with Gasteiger partial charge in [0.15, 0.2) is 0 Å². The van der Waals surface area contributed by atoms with Gasteiger partial charge in [-0.05, 0) is 18.6 Å². The zero-order chi connectivity index (χ0) is 11.1. The summed E-state index contributed by atoms with van der Waals surface area (Å²) < 4.78 is 4.44. The van der Waals surface area contributed by atoms with E-state index in [1.165, 1.54) is 13.2 Å². The molecule has 0 saturated carbocycles. The van der Waals surface area contributed by atoms with Crippen molar-refractivity contribution in [3.05, 3.63) is 23.4 Å². The van der Waals surface area contributed by atoms with Gasteiger partial charge in [0.25, 0.3) is 0 Å². The minimum atomic E-state index is -0.612. The lowest BCUT2D eigenvalue weighted by molar-refractivity contribution is -0.135. The number of allylic oxidation sites excluding steroid dienone is 2. The number of hydrogen-bond donors (Lipinski definition) is 0. The highest BCUT2D eigenvalue weighted by Crippen LogP contribution is 2.03. The molecule has 0 aromatic carbocycles. The number of nitriles is 1. The summed E-state index contributed by atoms with van der Waals surface area (Å²) in [5, 5.41) is 8.65. The van der Waals surface area contributed by atoms with E-state index in [1.807, 2.05) is 19.0 Å². The number of esters is 1. The molecule has 76 valence electrons. The van der Waals surface area contributed by atoms with Crippen molar-refractivity contribution in [1.82, 2.24) is 4.90 Å². The van der Waals surface area contributed by atoms with E-state index in [0.717, 1.165) is 5.57 Å². The molecule has 0 rings (SSSR count). The average Bonchev–Trinajstić information content (AvgIpc) is 2.11. The van der Waals surface area contributed by atoms with Crippen LogP contribution in [0.4, 0.5) is 0 Å². The van der Waals surface area contributed by atoms with Crippen LogP contribution in [0, 0.1) is 11.3 Å². The van der Waals surface area contributed by atoms with Crippen LogP contribution in [0.3, 0.4) is 0 Å². The van der Waals surface area contributed by atoms with Gasteiger partial charge in [-0.3, -0.25) is 0 Å². The Balaban J connectivity index is 4.79. The molecule has 0 fully saturated rings. The zero-order valence-electron chi connectivity index (χ0n) is 8.87. The molecular formula is C10H14N2O2. The molecule has 0 aliphatic heterocycles. The summed E-state index contributed by atoms with van der Waals surface area (Å²) in [5.74, 6) is -0.612. The first kappa shape index (κ1) is 12.2. The lowest BCUT2D eigenvalue weighted by atomic mass is 10.2. The van der Waals surface area contributed by atoms with Crippen LogP contribution in [-0.4, -0.2) is 32.1 Å². The van der Waals surface area contributed by atoms with Crippen molar-refractivity contribution in [2.45, 2.75) is 6.92 Å². The van der Waals surface area contributed by atoms with Gasteiger partial charge in [0, 0.05) is 20.3 Å². The first-order chi connectivity index (χ1) is 6.51. The van der Waals surface area contributed by atoms with Gasteiger partial charge in [-0.15, -0.1) is 0 Å². The van der Waals surface area contributed by atoms with Gasteiger partial charge < -0.3 is 9.64 Å². The molecule has 0 aromatic heterocycles. The van der Waals surface area contributed by atoms with Crippen LogP contribution in [-0.2, 0) is 9.53 Å². The van der Waals surface area contributed by atoms with Crippen molar-refractivity contribution in [3.8, 4) is 6.07 Å². The van der Waals surface area contributed by atoms with Crippen LogP contribution in [0.1, 0.15) is 6.92 Å². The molecule has 0 aromatic rings. The normalized spacial score (nSPS) is 11.9. The van der Waals surface area contributed by atoms with Crippen LogP contribution in [0.2, 0.25) is 0 Å². The first-order valence-corrected chi connectivity index (χ1v) is 4.06. The van der Waals surface area contributed by atoms with E-state index < -0.39 is 5.97 Å². The van der Waals surface area contributed by atoms with Crippen LogP contribution < -0.4 is 0 Å². The van der Waals surface area contributed by atoms with Gasteiger partial charge in [-0.25, -0.2) is 4.79 Å². The van der Waals surface area contributed by atoms with Gasteiger partial charge in [-0.2, -0.15) is 5.26 Å². The predicted octanol–water partition coefficient (Wildman–Crippen LogP) is 1.07. The van der Waals surface area contributed by atoms with E-state index in [9.17, 15) is 4.79 Å². The molecule has 4 heteroatoms. The number of nitrogens with zero attached hydrogens (tertiary/aromatic N) is 2. The van der Waals surface area contributed by atoms with Gasteiger partial charge in [-0.1, -0.05) is 0 Å². The minimum Gasteiger partial charge on any atom is -0.465 e. The Morgan fingerprint density at radius 2 is 2.07 bits per heavy atom. The smallest absolute Gasteiger partial charge is 0.348 e. The number of carbonyl (C=O) groups is 1. The van der Waals surface area contributed by atoms with Crippen molar-refractivity contribution in [2.75, 3.05) is 21.2 Å². The van der Waals surface area contributed by atoms with E-state index >= 15 is 0 Å². The second-order valence-corrected chi connectivity index (χ2v) is 3.00. The molecule has 0 atom stereocenters. The summed E-state index contributed by atoms with van der Waals surface area (Å²) in [7, 11) is 4.97. The standard InChI is InChI=1S/C10H14N2O2/c1-8(7-12(2)3)5-9(6-11)10(13)14-4/h5,7H,1-4H3/b8-7+,9-5+. The Morgan fingerprint density at radius 1 is 1.50 bits per heavy atom. The topological polar surface area (TPSA) is 53.3 Å². The van der Waals surface area contributed by atoms with Gasteiger partial charge >= 0.3 is 5.97 Å². The Bertz CT molecular complexity index is 309. The monoisotopic (exact) mass is 194 g/mol. The fourth-order valence-electron chi connectivity index (χ4n) is 0.919. The average molecular weight is 194 g/mol. The number of hydrogen-bond acceptors (Lipinski definition) is 4. The minimum absolute atomic E-state index is 0.00287. The fourth-order valence-corrected chi connectivity index (χ4v) is 0.919. The summed E-state index contributed by atoms with van der Waals surface area (Å²) in [6, 6.07) is 1.78. The molecule has 0 heterocycles. The summed E-state index contributed by atoms with van der Waals surface area (Å²) in [5.41, 5.74) is 0.819. The maximum atomic E-state index is 11.0. The molecule has 0 bridgehead atoms. The lowest BCUT2D eigenvalue weighted by Crippen LogP contribution is -2.04. The summed E-state index contributed by atoms with van der Waals surface area (Å²) >= 11 is 0. The van der Waals surface area contributed by atoms with Crippen LogP contribution in [0.15, 0.2) is 23.4 Å². The molecule has 0 aliphatic carbocycles. The highest BCUT2D eigenvalue weighted by molar-refractivity contribution is 5.93. The fraction of sp³-hybridized carbons (Fsp3) is 0.400. The molecule has 0 saturated heterocycles. The largest absolute Gasteiger partial charge is 0.465 e. The Kier molecular flexibility index (Phi) is 5.08. The summed E-state index contributed by atoms with van der Waals surface area (Å²) in [4.78, 5) is 12.8. The number of methoxy groups -OCH3 is 1. The molecule has 14 heavy (non-hydrogen) atoms. The van der Waals surface area contributed by atoms with E-state index in [2.05, 4.69) is 4.74 Å². The molecule has 0 unspecified atom stereocenters. The van der Waals surface area contributed by atoms with Crippen molar-refractivity contribution >= 4 is 5.97 Å². The summed E-state index contributed by atoms with van der Waals surface area (Å²) in [6.07, 6.45) is 3.30. The molecule has 0 radical (unpaired) electrons. The van der Waals surface area contributed by atoms with Crippen LogP contribution in [0.25, 0.3) is 0 Å². The molecule has 0 spiro atoms. The second-order valence-electron chi connectivity index (χ2n) is 3.00. The molecular weight excluding hydrogens is 180 g/mol. The Morgan fingerprint density at radius 3 is 2.43 bits per heavy atom. The number of ether oxygens (including phenoxy) is 1.